The number of anilines is 1. The Kier molecular flexibility index (Phi) is 2.02. The Morgan fingerprint density at radius 3 is 2.88 bits per heavy atom. The minimum absolute atomic E-state index is 0.0613. The number of nitrogen functional groups attached to an aromatic ring is 1. The second-order valence-electron chi connectivity index (χ2n) is 3.73. The molecule has 0 saturated carbocycles. The van der Waals surface area contributed by atoms with E-state index in [4.69, 9.17) is 5.73 Å². The van der Waals surface area contributed by atoms with Gasteiger partial charge in [-0.2, -0.15) is 0 Å². The van der Waals surface area contributed by atoms with Crippen LogP contribution < -0.4 is 11.2 Å². The third kappa shape index (κ3) is 1.20. The van der Waals surface area contributed by atoms with Crippen LogP contribution in [0, 0.1) is 6.92 Å². The van der Waals surface area contributed by atoms with E-state index in [1.807, 2.05) is 30.5 Å². The Morgan fingerprint density at radius 1 is 1.25 bits per heavy atom. The van der Waals surface area contributed by atoms with Crippen molar-refractivity contribution >= 4 is 47.8 Å². The molecule has 2 N–H and O–H groups in total. The monoisotopic (exact) mass is 247 g/mol. The van der Waals surface area contributed by atoms with Crippen LogP contribution in [0.3, 0.4) is 0 Å². The van der Waals surface area contributed by atoms with Gasteiger partial charge >= 0.3 is 0 Å². The Morgan fingerprint density at radius 2 is 2.06 bits per heavy atom. The van der Waals surface area contributed by atoms with E-state index >= 15 is 0 Å². The summed E-state index contributed by atoms with van der Waals surface area (Å²) in [6.07, 6.45) is 0. The smallest absolute Gasteiger partial charge is 0.198 e. The van der Waals surface area contributed by atoms with Gasteiger partial charge in [0.05, 0.1) is 14.8 Å². The molecule has 0 atom stereocenters. The summed E-state index contributed by atoms with van der Waals surface area (Å²) in [7, 11) is 0. The van der Waals surface area contributed by atoms with Crippen molar-refractivity contribution in [1.29, 1.82) is 0 Å². The Hall–Kier alpha value is -1.39. The zero-order valence-corrected chi connectivity index (χ0v) is 10.2. The van der Waals surface area contributed by atoms with Gasteiger partial charge in [0.25, 0.3) is 0 Å². The van der Waals surface area contributed by atoms with Crippen molar-refractivity contribution in [3.63, 3.8) is 0 Å². The lowest BCUT2D eigenvalue weighted by molar-refractivity contribution is 1.55. The highest BCUT2D eigenvalue weighted by molar-refractivity contribution is 7.40. The largest absolute Gasteiger partial charge is 0.398 e. The van der Waals surface area contributed by atoms with Gasteiger partial charge in [0, 0.05) is 10.4 Å². The van der Waals surface area contributed by atoms with Gasteiger partial charge in [0.2, 0.25) is 0 Å². The molecule has 0 amide bonds. The van der Waals surface area contributed by atoms with Crippen molar-refractivity contribution in [2.24, 2.45) is 0 Å². The fraction of sp³-hybridized carbons (Fsp3) is 0.0833. The Labute approximate surface area is 100.0 Å². The van der Waals surface area contributed by atoms with Crippen LogP contribution in [0.5, 0.6) is 0 Å². The van der Waals surface area contributed by atoms with Gasteiger partial charge < -0.3 is 5.73 Å². The van der Waals surface area contributed by atoms with Crippen molar-refractivity contribution in [3.8, 4) is 0 Å². The molecular weight excluding hydrogens is 238 g/mol. The topological polar surface area (TPSA) is 43.1 Å². The maximum absolute atomic E-state index is 12.3. The fourth-order valence-corrected chi connectivity index (χ4v) is 4.06. The van der Waals surface area contributed by atoms with Crippen LogP contribution in [0.1, 0.15) is 5.56 Å². The van der Waals surface area contributed by atoms with E-state index < -0.39 is 0 Å². The molecule has 4 heteroatoms. The number of aryl methyl sites for hydroxylation is 1. The van der Waals surface area contributed by atoms with E-state index in [1.165, 1.54) is 0 Å². The number of thiophene rings is 1. The second-order valence-corrected chi connectivity index (χ2v) is 5.92. The molecule has 0 aliphatic rings. The normalized spacial score (nSPS) is 11.3. The number of fused-ring (bicyclic) bond motifs is 2. The lowest BCUT2D eigenvalue weighted by Gasteiger charge is -2.03. The molecule has 2 aromatic heterocycles. The zero-order valence-electron chi connectivity index (χ0n) is 8.61. The molecule has 0 aliphatic carbocycles. The third-order valence-corrected chi connectivity index (χ3v) is 5.06. The molecule has 0 unspecified atom stereocenters. The average Bonchev–Trinajstić information content (AvgIpc) is 2.72. The predicted molar refractivity (Wildman–Crippen MR) is 72.6 cm³/mol. The van der Waals surface area contributed by atoms with Gasteiger partial charge in [0.1, 0.15) is 0 Å². The minimum Gasteiger partial charge on any atom is -0.398 e. The van der Waals surface area contributed by atoms with Gasteiger partial charge in [-0.05, 0) is 30.0 Å². The van der Waals surface area contributed by atoms with E-state index in [2.05, 4.69) is 0 Å². The van der Waals surface area contributed by atoms with Gasteiger partial charge in [-0.3, -0.25) is 4.79 Å². The average molecular weight is 247 g/mol. The van der Waals surface area contributed by atoms with Crippen molar-refractivity contribution in [2.45, 2.75) is 6.92 Å². The van der Waals surface area contributed by atoms with E-state index in [0.29, 0.717) is 11.1 Å². The summed E-state index contributed by atoms with van der Waals surface area (Å²) < 4.78 is 2.09. The van der Waals surface area contributed by atoms with Crippen molar-refractivity contribution in [3.05, 3.63) is 39.4 Å². The highest BCUT2D eigenvalue weighted by atomic mass is 32.2. The molecule has 0 aliphatic heterocycles. The highest BCUT2D eigenvalue weighted by Gasteiger charge is 2.10. The summed E-state index contributed by atoms with van der Waals surface area (Å²) >= 11 is 3.26. The molecule has 0 saturated heterocycles. The molecule has 0 fully saturated rings. The Bertz CT molecular complexity index is 755. The fourth-order valence-electron chi connectivity index (χ4n) is 1.84. The molecule has 0 radical (unpaired) electrons. The highest BCUT2D eigenvalue weighted by Crippen LogP contribution is 2.32. The maximum atomic E-state index is 12.3. The van der Waals surface area contributed by atoms with Crippen LogP contribution in [0.25, 0.3) is 19.5 Å². The molecule has 1 aromatic carbocycles. The zero-order chi connectivity index (χ0) is 11.3. The summed E-state index contributed by atoms with van der Waals surface area (Å²) in [6.45, 7) is 2.01. The summed E-state index contributed by atoms with van der Waals surface area (Å²) in [5.74, 6) is 0. The molecule has 2 nitrogen and oxygen atoms in total. The Balaban J connectivity index is 2.72. The first-order valence-electron chi connectivity index (χ1n) is 4.87. The maximum Gasteiger partial charge on any atom is 0.198 e. The van der Waals surface area contributed by atoms with Crippen LogP contribution in [0.15, 0.2) is 28.4 Å². The number of rotatable bonds is 0. The first-order valence-corrected chi connectivity index (χ1v) is 6.57. The van der Waals surface area contributed by atoms with E-state index in [9.17, 15) is 4.79 Å². The van der Waals surface area contributed by atoms with Crippen LogP contribution in [0.2, 0.25) is 0 Å². The molecule has 16 heavy (non-hydrogen) atoms. The summed E-state index contributed by atoms with van der Waals surface area (Å²) in [5.41, 5.74) is 7.65. The standard InChI is InChI=1S/C12H9NOS2/c1-6-2-3-8(13)9-10(14)7-4-5-15-12(7)16-11(6)9/h2-5H,13H2,1H3. The number of hydrogen-bond acceptors (Lipinski definition) is 4. The van der Waals surface area contributed by atoms with Crippen LogP contribution in [0.4, 0.5) is 5.69 Å². The van der Waals surface area contributed by atoms with Gasteiger partial charge in [-0.15, -0.1) is 22.7 Å². The summed E-state index contributed by atoms with van der Waals surface area (Å²) in [6, 6.07) is 5.65. The van der Waals surface area contributed by atoms with Gasteiger partial charge in [-0.25, -0.2) is 0 Å². The number of nitrogens with two attached hydrogens (primary N) is 1. The minimum atomic E-state index is 0.0613. The molecule has 3 aromatic rings. The van der Waals surface area contributed by atoms with Crippen LogP contribution >= 0.6 is 22.7 Å². The third-order valence-electron chi connectivity index (χ3n) is 2.68. The van der Waals surface area contributed by atoms with Crippen molar-refractivity contribution < 1.29 is 0 Å². The summed E-state index contributed by atoms with van der Waals surface area (Å²) in [5, 5.41) is 3.42. The molecular formula is C12H9NOS2. The molecule has 3 rings (SSSR count). The number of hydrogen-bond donors (Lipinski definition) is 1. The molecule has 80 valence electrons. The predicted octanol–water partition coefficient (Wildman–Crippen LogP) is 3.37. The van der Waals surface area contributed by atoms with Crippen molar-refractivity contribution in [1.82, 2.24) is 0 Å². The second kappa shape index (κ2) is 3.30. The van der Waals surface area contributed by atoms with E-state index in [-0.39, 0.29) is 5.43 Å². The quantitative estimate of drug-likeness (QED) is 0.619. The lowest BCUT2D eigenvalue weighted by atomic mass is 10.1. The molecule has 0 spiro atoms. The first-order chi connectivity index (χ1) is 7.68. The lowest BCUT2D eigenvalue weighted by Crippen LogP contribution is -2.03. The summed E-state index contributed by atoms with van der Waals surface area (Å²) in [4.78, 5) is 12.3. The molecule has 0 bridgehead atoms. The number of benzene rings is 1. The van der Waals surface area contributed by atoms with Crippen molar-refractivity contribution in [2.75, 3.05) is 5.73 Å². The SMILES string of the molecule is Cc1ccc(N)c2c(=O)c3ccsc3sc12. The molecule has 2 heterocycles. The van der Waals surface area contributed by atoms with E-state index in [0.717, 1.165) is 19.7 Å². The van der Waals surface area contributed by atoms with Crippen LogP contribution in [-0.4, -0.2) is 0 Å². The first kappa shape index (κ1) is 9.81. The van der Waals surface area contributed by atoms with Gasteiger partial charge in [0.15, 0.2) is 5.43 Å². The van der Waals surface area contributed by atoms with Gasteiger partial charge in [-0.1, -0.05) is 6.07 Å². The van der Waals surface area contributed by atoms with E-state index in [1.54, 1.807) is 22.7 Å². The van der Waals surface area contributed by atoms with Crippen LogP contribution in [-0.2, 0) is 0 Å².